The Kier molecular flexibility index (Phi) is 6.83. The third-order valence-electron chi connectivity index (χ3n) is 11.1. The van der Waals surface area contributed by atoms with Gasteiger partial charge in [0.15, 0.2) is 17.5 Å². The Hall–Kier alpha value is -7.83. The van der Waals surface area contributed by atoms with Gasteiger partial charge in [-0.05, 0) is 60.2 Å². The standard InChI is InChI=1S/C51H30N4O2/c1-4-14-31(15-5-1)49-52-50(32-16-6-2-7-17-32)54-51(53-49)38-26-25-35(48-47(38)37-21-11-13-23-45(37)57-48)33-24-27-42-39(28-33)40-29-41-36-20-10-12-22-44(36)56-46(41)30-43(40)55(42)34-18-8-3-9-19-34/h1-30H. The first-order chi connectivity index (χ1) is 28.2. The van der Waals surface area contributed by atoms with Gasteiger partial charge in [0, 0.05) is 66.3 Å². The summed E-state index contributed by atoms with van der Waals surface area (Å²) in [5.74, 6) is 1.82. The van der Waals surface area contributed by atoms with E-state index in [1.54, 1.807) is 0 Å². The first-order valence-electron chi connectivity index (χ1n) is 19.0. The Morgan fingerprint density at radius 3 is 1.65 bits per heavy atom. The van der Waals surface area contributed by atoms with Crippen molar-refractivity contribution in [2.45, 2.75) is 0 Å². The van der Waals surface area contributed by atoms with E-state index in [1.165, 1.54) is 0 Å². The summed E-state index contributed by atoms with van der Waals surface area (Å²) in [6.45, 7) is 0. The molecule has 4 heterocycles. The van der Waals surface area contributed by atoms with Gasteiger partial charge >= 0.3 is 0 Å². The summed E-state index contributed by atoms with van der Waals surface area (Å²) in [5.41, 5.74) is 11.4. The van der Waals surface area contributed by atoms with Crippen molar-refractivity contribution in [2.24, 2.45) is 0 Å². The molecule has 0 amide bonds. The lowest BCUT2D eigenvalue weighted by Gasteiger charge is -2.11. The summed E-state index contributed by atoms with van der Waals surface area (Å²) in [5, 5.41) is 6.47. The van der Waals surface area contributed by atoms with Crippen molar-refractivity contribution >= 4 is 65.7 Å². The van der Waals surface area contributed by atoms with Crippen LogP contribution in [0.4, 0.5) is 0 Å². The maximum Gasteiger partial charge on any atom is 0.164 e. The van der Waals surface area contributed by atoms with Crippen LogP contribution in [-0.4, -0.2) is 19.5 Å². The van der Waals surface area contributed by atoms with Crippen molar-refractivity contribution in [1.82, 2.24) is 19.5 Å². The van der Waals surface area contributed by atoms with Crippen LogP contribution in [0.25, 0.3) is 117 Å². The van der Waals surface area contributed by atoms with Gasteiger partial charge in [-0.15, -0.1) is 0 Å². The highest BCUT2D eigenvalue weighted by molar-refractivity contribution is 6.19. The average Bonchev–Trinajstić information content (AvgIpc) is 3.95. The molecule has 6 heteroatoms. The number of para-hydroxylation sites is 3. The van der Waals surface area contributed by atoms with Crippen molar-refractivity contribution in [3.8, 4) is 51.0 Å². The molecule has 0 spiro atoms. The van der Waals surface area contributed by atoms with Crippen molar-refractivity contribution in [2.75, 3.05) is 0 Å². The fourth-order valence-electron chi connectivity index (χ4n) is 8.43. The van der Waals surface area contributed by atoms with E-state index in [0.717, 1.165) is 99.2 Å². The Balaban J connectivity index is 1.11. The van der Waals surface area contributed by atoms with E-state index in [4.69, 9.17) is 23.8 Å². The predicted octanol–water partition coefficient (Wildman–Crippen LogP) is 13.4. The van der Waals surface area contributed by atoms with Gasteiger partial charge in [-0.3, -0.25) is 0 Å². The molecule has 6 nitrogen and oxygen atoms in total. The van der Waals surface area contributed by atoms with Gasteiger partial charge in [0.2, 0.25) is 0 Å². The highest BCUT2D eigenvalue weighted by Crippen LogP contribution is 2.44. The van der Waals surface area contributed by atoms with Crippen LogP contribution in [-0.2, 0) is 0 Å². The Morgan fingerprint density at radius 2 is 0.930 bits per heavy atom. The van der Waals surface area contributed by atoms with Gasteiger partial charge < -0.3 is 13.4 Å². The van der Waals surface area contributed by atoms with E-state index in [1.807, 2.05) is 84.9 Å². The van der Waals surface area contributed by atoms with Crippen molar-refractivity contribution in [3.05, 3.63) is 182 Å². The number of hydrogen-bond donors (Lipinski definition) is 0. The smallest absolute Gasteiger partial charge is 0.164 e. The minimum atomic E-state index is 0.587. The van der Waals surface area contributed by atoms with Crippen LogP contribution in [0.2, 0.25) is 0 Å². The molecular weight excluding hydrogens is 701 g/mol. The molecule has 12 rings (SSSR count). The third kappa shape index (κ3) is 4.94. The van der Waals surface area contributed by atoms with Crippen molar-refractivity contribution in [1.29, 1.82) is 0 Å². The van der Waals surface area contributed by atoms with Gasteiger partial charge in [-0.2, -0.15) is 0 Å². The molecule has 0 N–H and O–H groups in total. The molecule has 57 heavy (non-hydrogen) atoms. The maximum atomic E-state index is 6.81. The van der Waals surface area contributed by atoms with E-state index in [2.05, 4.69) is 102 Å². The van der Waals surface area contributed by atoms with Crippen LogP contribution in [0.5, 0.6) is 0 Å². The van der Waals surface area contributed by atoms with Crippen LogP contribution in [0.1, 0.15) is 0 Å². The quantitative estimate of drug-likeness (QED) is 0.176. The molecule has 0 aliphatic heterocycles. The Labute approximate surface area is 325 Å². The lowest BCUT2D eigenvalue weighted by Crippen LogP contribution is -2.00. The zero-order chi connectivity index (χ0) is 37.5. The first kappa shape index (κ1) is 31.5. The van der Waals surface area contributed by atoms with Gasteiger partial charge in [0.25, 0.3) is 0 Å². The Morgan fingerprint density at radius 1 is 0.351 bits per heavy atom. The second-order valence-electron chi connectivity index (χ2n) is 14.4. The number of nitrogens with zero attached hydrogens (tertiary/aromatic N) is 4. The molecule has 0 radical (unpaired) electrons. The molecule has 8 aromatic carbocycles. The zero-order valence-corrected chi connectivity index (χ0v) is 30.4. The van der Waals surface area contributed by atoms with Gasteiger partial charge in [-0.1, -0.05) is 121 Å². The summed E-state index contributed by atoms with van der Waals surface area (Å²) in [4.78, 5) is 15.2. The van der Waals surface area contributed by atoms with Crippen LogP contribution in [0, 0.1) is 0 Å². The maximum absolute atomic E-state index is 6.81. The highest BCUT2D eigenvalue weighted by atomic mass is 16.3. The second kappa shape index (κ2) is 12.3. The average molecular weight is 731 g/mol. The Bertz CT molecular complexity index is 3450. The molecule has 0 bridgehead atoms. The second-order valence-corrected chi connectivity index (χ2v) is 14.4. The first-order valence-corrected chi connectivity index (χ1v) is 19.0. The largest absolute Gasteiger partial charge is 0.456 e. The molecule has 0 aliphatic rings. The van der Waals surface area contributed by atoms with Crippen molar-refractivity contribution in [3.63, 3.8) is 0 Å². The van der Waals surface area contributed by atoms with Gasteiger partial charge in [-0.25, -0.2) is 15.0 Å². The summed E-state index contributed by atoms with van der Waals surface area (Å²) >= 11 is 0. The molecule has 0 aliphatic carbocycles. The summed E-state index contributed by atoms with van der Waals surface area (Å²) in [7, 11) is 0. The fraction of sp³-hybridized carbons (Fsp3) is 0. The normalized spacial score (nSPS) is 11.9. The molecule has 0 unspecified atom stereocenters. The number of hydrogen-bond acceptors (Lipinski definition) is 5. The molecule has 12 aromatic rings. The van der Waals surface area contributed by atoms with Crippen LogP contribution >= 0.6 is 0 Å². The molecule has 4 aromatic heterocycles. The lowest BCUT2D eigenvalue weighted by molar-refractivity contribution is 0.669. The van der Waals surface area contributed by atoms with E-state index < -0.39 is 0 Å². The summed E-state index contributed by atoms with van der Waals surface area (Å²) in [6, 6.07) is 62.6. The summed E-state index contributed by atoms with van der Waals surface area (Å²) < 4.78 is 15.5. The topological polar surface area (TPSA) is 69.9 Å². The molecule has 0 atom stereocenters. The predicted molar refractivity (Wildman–Crippen MR) is 230 cm³/mol. The number of aromatic nitrogens is 4. The van der Waals surface area contributed by atoms with E-state index in [-0.39, 0.29) is 0 Å². The molecule has 0 fully saturated rings. The zero-order valence-electron chi connectivity index (χ0n) is 30.4. The molecular formula is C51H30N4O2. The molecule has 0 saturated heterocycles. The number of furan rings is 2. The van der Waals surface area contributed by atoms with Gasteiger partial charge in [0.1, 0.15) is 22.3 Å². The van der Waals surface area contributed by atoms with E-state index in [9.17, 15) is 0 Å². The summed E-state index contributed by atoms with van der Waals surface area (Å²) in [6.07, 6.45) is 0. The van der Waals surface area contributed by atoms with Gasteiger partial charge in [0.05, 0.1) is 11.0 Å². The van der Waals surface area contributed by atoms with Crippen LogP contribution < -0.4 is 0 Å². The van der Waals surface area contributed by atoms with Crippen molar-refractivity contribution < 1.29 is 8.83 Å². The third-order valence-corrected chi connectivity index (χ3v) is 11.1. The number of benzene rings is 8. The minimum Gasteiger partial charge on any atom is -0.456 e. The van der Waals surface area contributed by atoms with E-state index >= 15 is 0 Å². The lowest BCUT2D eigenvalue weighted by atomic mass is 9.96. The number of rotatable bonds is 5. The minimum absolute atomic E-state index is 0.587. The van der Waals surface area contributed by atoms with E-state index in [0.29, 0.717) is 17.5 Å². The van der Waals surface area contributed by atoms with Crippen LogP contribution in [0.15, 0.2) is 191 Å². The molecule has 0 saturated carbocycles. The molecule has 266 valence electrons. The monoisotopic (exact) mass is 730 g/mol. The highest BCUT2D eigenvalue weighted by Gasteiger charge is 2.22. The van der Waals surface area contributed by atoms with Crippen LogP contribution in [0.3, 0.4) is 0 Å². The number of fused-ring (bicyclic) bond motifs is 9. The SMILES string of the molecule is c1ccc(-c2nc(-c3ccccc3)nc(-c3ccc(-c4ccc5c(c4)c4cc6c(cc4n5-c4ccccc4)oc4ccccc46)c4oc5ccccc5c34)n2)cc1. The fourth-order valence-corrected chi connectivity index (χ4v) is 8.43.